The van der Waals surface area contributed by atoms with Crippen LogP contribution in [-0.2, 0) is 6.54 Å². The van der Waals surface area contributed by atoms with E-state index in [1.54, 1.807) is 16.7 Å². The number of aromatic nitrogens is 1. The normalized spacial score (nSPS) is 11.3. The highest BCUT2D eigenvalue weighted by Gasteiger charge is 2.17. The van der Waals surface area contributed by atoms with Crippen LogP contribution in [0.25, 0.3) is 10.9 Å². The Labute approximate surface area is 175 Å². The maximum atomic E-state index is 12.3. The molecule has 0 aliphatic carbocycles. The molecule has 0 fully saturated rings. The molecule has 28 heavy (non-hydrogen) atoms. The lowest BCUT2D eigenvalue weighted by Gasteiger charge is -2.06. The number of fused-ring (bicyclic) bond motifs is 1. The Morgan fingerprint density at radius 3 is 2.36 bits per heavy atom. The van der Waals surface area contributed by atoms with E-state index in [1.165, 1.54) is 0 Å². The number of benzene rings is 3. The average Bonchev–Trinajstić information content (AvgIpc) is 2.99. The standard InChI is InChI=1S/C22H16IN3O2/c23-17-12-10-16(11-13-17)21(27)25-24-20-18-8-4-5-9-19(18)26(22(20)28)14-15-6-2-1-3-7-15/h1-13,28H,14H2. The number of azo groups is 1. The van der Waals surface area contributed by atoms with Crippen molar-refractivity contribution in [3.8, 4) is 5.88 Å². The Morgan fingerprint density at radius 1 is 0.929 bits per heavy atom. The van der Waals surface area contributed by atoms with Gasteiger partial charge in [0, 0.05) is 14.5 Å². The first-order valence-corrected chi connectivity index (χ1v) is 9.77. The van der Waals surface area contributed by atoms with Crippen molar-refractivity contribution in [3.05, 3.63) is 93.6 Å². The zero-order valence-corrected chi connectivity index (χ0v) is 16.9. The second kappa shape index (κ2) is 7.93. The lowest BCUT2D eigenvalue weighted by Crippen LogP contribution is -1.98. The monoisotopic (exact) mass is 481 g/mol. The molecule has 5 nitrogen and oxygen atoms in total. The van der Waals surface area contributed by atoms with Crippen LogP contribution in [0.5, 0.6) is 5.88 Å². The van der Waals surface area contributed by atoms with Gasteiger partial charge in [-0.15, -0.1) is 10.2 Å². The maximum Gasteiger partial charge on any atom is 0.295 e. The third-order valence-electron chi connectivity index (χ3n) is 4.43. The van der Waals surface area contributed by atoms with Crippen LogP contribution in [0.15, 0.2) is 89.1 Å². The Kier molecular flexibility index (Phi) is 5.21. The Balaban J connectivity index is 1.72. The quantitative estimate of drug-likeness (QED) is 0.290. The van der Waals surface area contributed by atoms with E-state index in [2.05, 4.69) is 32.8 Å². The zero-order chi connectivity index (χ0) is 19.5. The molecule has 4 aromatic rings. The topological polar surface area (TPSA) is 66.9 Å². The first-order valence-electron chi connectivity index (χ1n) is 8.69. The highest BCUT2D eigenvalue weighted by molar-refractivity contribution is 14.1. The van der Waals surface area contributed by atoms with Crippen molar-refractivity contribution in [2.75, 3.05) is 0 Å². The van der Waals surface area contributed by atoms with E-state index in [0.29, 0.717) is 17.8 Å². The highest BCUT2D eigenvalue weighted by Crippen LogP contribution is 2.39. The minimum Gasteiger partial charge on any atom is -0.493 e. The molecule has 0 radical (unpaired) electrons. The van der Waals surface area contributed by atoms with Gasteiger partial charge in [0.2, 0.25) is 5.88 Å². The molecule has 0 aliphatic rings. The van der Waals surface area contributed by atoms with Crippen LogP contribution in [0.4, 0.5) is 5.69 Å². The summed E-state index contributed by atoms with van der Waals surface area (Å²) in [5, 5.41) is 19.5. The van der Waals surface area contributed by atoms with Crippen LogP contribution in [0.1, 0.15) is 15.9 Å². The average molecular weight is 481 g/mol. The molecule has 0 spiro atoms. The van der Waals surface area contributed by atoms with E-state index in [-0.39, 0.29) is 5.88 Å². The Morgan fingerprint density at radius 2 is 1.61 bits per heavy atom. The van der Waals surface area contributed by atoms with Gasteiger partial charge in [-0.05, 0) is 58.5 Å². The molecule has 1 N–H and O–H groups in total. The smallest absolute Gasteiger partial charge is 0.295 e. The molecule has 1 amide bonds. The zero-order valence-electron chi connectivity index (χ0n) is 14.8. The molecule has 0 saturated heterocycles. The van der Waals surface area contributed by atoms with E-state index in [1.807, 2.05) is 66.7 Å². The summed E-state index contributed by atoms with van der Waals surface area (Å²) in [6.07, 6.45) is 0. The number of hydrogen-bond donors (Lipinski definition) is 1. The fourth-order valence-electron chi connectivity index (χ4n) is 3.04. The number of halogens is 1. The number of nitrogens with zero attached hydrogens (tertiary/aromatic N) is 3. The van der Waals surface area contributed by atoms with Crippen LogP contribution in [0, 0.1) is 3.57 Å². The molecular weight excluding hydrogens is 465 g/mol. The summed E-state index contributed by atoms with van der Waals surface area (Å²) in [5.41, 5.74) is 2.64. The molecule has 0 atom stereocenters. The van der Waals surface area contributed by atoms with Crippen molar-refractivity contribution in [3.63, 3.8) is 0 Å². The molecular formula is C22H16IN3O2. The number of amides is 1. The second-order valence-electron chi connectivity index (χ2n) is 6.27. The first-order chi connectivity index (χ1) is 13.6. The number of carbonyl (C=O) groups is 1. The first kappa shape index (κ1) is 18.4. The number of carbonyl (C=O) groups excluding carboxylic acids is 1. The minimum absolute atomic E-state index is 0.00999. The minimum atomic E-state index is -0.448. The lowest BCUT2D eigenvalue weighted by atomic mass is 10.2. The van der Waals surface area contributed by atoms with E-state index >= 15 is 0 Å². The Bertz CT molecular complexity index is 1170. The van der Waals surface area contributed by atoms with Crippen LogP contribution >= 0.6 is 22.6 Å². The van der Waals surface area contributed by atoms with E-state index < -0.39 is 5.91 Å². The fourth-order valence-corrected chi connectivity index (χ4v) is 3.40. The Hall–Kier alpha value is -3.00. The van der Waals surface area contributed by atoms with Gasteiger partial charge in [-0.1, -0.05) is 48.5 Å². The molecule has 0 unspecified atom stereocenters. The summed E-state index contributed by atoms with van der Waals surface area (Å²) < 4.78 is 2.81. The summed E-state index contributed by atoms with van der Waals surface area (Å²) in [6, 6.07) is 24.5. The molecule has 4 rings (SSSR count). The van der Waals surface area contributed by atoms with Gasteiger partial charge >= 0.3 is 0 Å². The summed E-state index contributed by atoms with van der Waals surface area (Å²) in [7, 11) is 0. The van der Waals surface area contributed by atoms with Crippen molar-refractivity contribution in [1.82, 2.24) is 4.57 Å². The molecule has 0 bridgehead atoms. The van der Waals surface area contributed by atoms with Gasteiger partial charge in [-0.2, -0.15) is 0 Å². The molecule has 0 aliphatic heterocycles. The number of hydrogen-bond acceptors (Lipinski definition) is 3. The SMILES string of the molecule is O=C(N=Nc1c(O)n(Cc2ccccc2)c2ccccc12)c1ccc(I)cc1. The highest BCUT2D eigenvalue weighted by atomic mass is 127. The van der Waals surface area contributed by atoms with Crippen molar-refractivity contribution < 1.29 is 9.90 Å². The van der Waals surface area contributed by atoms with Crippen LogP contribution in [0.3, 0.4) is 0 Å². The number of rotatable bonds is 4. The predicted molar refractivity (Wildman–Crippen MR) is 117 cm³/mol. The second-order valence-corrected chi connectivity index (χ2v) is 7.52. The summed E-state index contributed by atoms with van der Waals surface area (Å²) in [4.78, 5) is 12.3. The third-order valence-corrected chi connectivity index (χ3v) is 5.15. The lowest BCUT2D eigenvalue weighted by molar-refractivity contribution is 0.0995. The van der Waals surface area contributed by atoms with Crippen molar-refractivity contribution >= 4 is 45.1 Å². The van der Waals surface area contributed by atoms with Crippen molar-refractivity contribution in [2.24, 2.45) is 10.2 Å². The molecule has 1 aromatic heterocycles. The maximum absolute atomic E-state index is 12.3. The molecule has 1 heterocycles. The van der Waals surface area contributed by atoms with E-state index in [9.17, 15) is 9.90 Å². The van der Waals surface area contributed by atoms with Crippen LogP contribution in [0.2, 0.25) is 0 Å². The molecule has 0 saturated carbocycles. The van der Waals surface area contributed by atoms with Crippen molar-refractivity contribution in [2.45, 2.75) is 6.54 Å². The molecule has 138 valence electrons. The van der Waals surface area contributed by atoms with Gasteiger partial charge in [0.05, 0.1) is 12.1 Å². The van der Waals surface area contributed by atoms with Gasteiger partial charge in [-0.25, -0.2) is 0 Å². The van der Waals surface area contributed by atoms with Gasteiger partial charge in [0.15, 0.2) is 5.69 Å². The van der Waals surface area contributed by atoms with E-state index in [0.717, 1.165) is 20.0 Å². The fraction of sp³-hybridized carbons (Fsp3) is 0.0455. The van der Waals surface area contributed by atoms with E-state index in [4.69, 9.17) is 0 Å². The largest absolute Gasteiger partial charge is 0.493 e. The number of para-hydroxylation sites is 1. The van der Waals surface area contributed by atoms with Crippen LogP contribution in [-0.4, -0.2) is 15.6 Å². The summed E-state index contributed by atoms with van der Waals surface area (Å²) in [6.45, 7) is 0.494. The number of aromatic hydroxyl groups is 1. The van der Waals surface area contributed by atoms with Crippen molar-refractivity contribution in [1.29, 1.82) is 0 Å². The summed E-state index contributed by atoms with van der Waals surface area (Å²) >= 11 is 2.17. The molecule has 6 heteroatoms. The van der Waals surface area contributed by atoms with Crippen LogP contribution < -0.4 is 0 Å². The van der Waals surface area contributed by atoms with Gasteiger partial charge in [0.25, 0.3) is 5.91 Å². The van der Waals surface area contributed by atoms with Gasteiger partial charge < -0.3 is 9.67 Å². The third kappa shape index (κ3) is 3.68. The molecule has 3 aromatic carbocycles. The summed E-state index contributed by atoms with van der Waals surface area (Å²) in [5.74, 6) is -0.458. The van der Waals surface area contributed by atoms with Gasteiger partial charge in [0.1, 0.15) is 0 Å². The predicted octanol–water partition coefficient (Wildman–Crippen LogP) is 5.92. The van der Waals surface area contributed by atoms with Gasteiger partial charge in [-0.3, -0.25) is 4.79 Å².